The van der Waals surface area contributed by atoms with Crippen LogP contribution in [-0.2, 0) is 23.5 Å². The summed E-state index contributed by atoms with van der Waals surface area (Å²) < 4.78 is 0. The van der Waals surface area contributed by atoms with E-state index in [0.29, 0.717) is 0 Å². The van der Waals surface area contributed by atoms with Crippen LogP contribution in [0.1, 0.15) is 19.4 Å². The van der Waals surface area contributed by atoms with E-state index in [0.717, 1.165) is 6.42 Å². The van der Waals surface area contributed by atoms with E-state index in [9.17, 15) is 0 Å². The Kier molecular flexibility index (Phi) is 15.6. The van der Waals surface area contributed by atoms with Crippen LogP contribution in [0.4, 0.5) is 0 Å². The van der Waals surface area contributed by atoms with Gasteiger partial charge in [-0.1, -0.05) is 13.3 Å². The van der Waals surface area contributed by atoms with Crippen molar-refractivity contribution in [1.82, 2.24) is 0 Å². The van der Waals surface area contributed by atoms with E-state index in [1.54, 1.807) is 6.92 Å². The van der Waals surface area contributed by atoms with Gasteiger partial charge < -0.3 is 35.4 Å². The summed E-state index contributed by atoms with van der Waals surface area (Å²) >= 11 is 0. The van der Waals surface area contributed by atoms with Crippen molar-refractivity contribution in [3.63, 3.8) is 0 Å². The van der Waals surface area contributed by atoms with Crippen molar-refractivity contribution in [3.05, 3.63) is 60.2 Å². The molecule has 2 aromatic rings. The molecule has 0 bridgehead atoms. The molecule has 0 aliphatic heterocycles. The number of hydrogen-bond acceptors (Lipinski definition) is 1. The molecule has 96 valence electrons. The van der Waals surface area contributed by atoms with Gasteiger partial charge in [-0.3, -0.25) is 0 Å². The normalized spacial score (nSPS) is 7.69. The molecule has 0 aromatic heterocycles. The number of aryl methyl sites for hydroxylation is 1. The van der Waals surface area contributed by atoms with Gasteiger partial charge in [0.15, 0.2) is 0 Å². The van der Waals surface area contributed by atoms with Crippen LogP contribution in [0.25, 0.3) is 0 Å². The van der Waals surface area contributed by atoms with Gasteiger partial charge >= 0.3 is 0 Å². The van der Waals surface area contributed by atoms with Crippen LogP contribution in [0.2, 0.25) is 0 Å². The number of aliphatic hydroxyl groups is 1. The predicted octanol–water partition coefficient (Wildman–Crippen LogP) is 3.37. The summed E-state index contributed by atoms with van der Waals surface area (Å²) in [5.41, 5.74) is 1.43. The molecular weight excluding hydrogens is 240 g/mol. The molecule has 0 unspecified atom stereocenters. The summed E-state index contributed by atoms with van der Waals surface area (Å²) in [6.07, 6.45) is 1.16. The van der Waals surface area contributed by atoms with E-state index in [1.165, 1.54) is 5.56 Å². The van der Waals surface area contributed by atoms with Crippen LogP contribution < -0.4 is 0 Å². The fourth-order valence-electron chi connectivity index (χ4n) is 0.970. The molecule has 1 nitrogen and oxygen atoms in total. The molecule has 0 aliphatic carbocycles. The second kappa shape index (κ2) is 14.2. The summed E-state index contributed by atoms with van der Waals surface area (Å²) in [5, 5.41) is 7.57. The van der Waals surface area contributed by atoms with Crippen molar-refractivity contribution in [2.45, 2.75) is 20.3 Å². The van der Waals surface area contributed by atoms with Crippen LogP contribution in [-0.4, -0.2) is 11.7 Å². The fraction of sp³-hybridized carbons (Fsp3) is 0.286. The third-order valence-corrected chi connectivity index (χ3v) is 1.70. The largest absolute Gasteiger partial charge is 0.748 e. The molecular formula is C14H20FeO-6. The van der Waals surface area contributed by atoms with Gasteiger partial charge in [0.1, 0.15) is 0 Å². The van der Waals surface area contributed by atoms with Crippen molar-refractivity contribution in [2.24, 2.45) is 0 Å². The molecule has 0 atom stereocenters. The zero-order valence-electron chi connectivity index (χ0n) is 9.91. The van der Waals surface area contributed by atoms with Gasteiger partial charge in [0.25, 0.3) is 0 Å². The standard InChI is InChI=1S/C7H9.C5H5.C2H6O.Fe/c1-2-7-5-3-4-6-7;1-2-4-5-3-1;1-2-3;/h3-6H,2H2,1H3;1-5H;3H,2H2,1H3;/q-1;-5;;. The van der Waals surface area contributed by atoms with E-state index in [4.69, 9.17) is 5.11 Å². The van der Waals surface area contributed by atoms with Gasteiger partial charge in [-0.05, 0) is 6.92 Å². The monoisotopic (exact) mass is 260 g/mol. The van der Waals surface area contributed by atoms with E-state index in [1.807, 2.05) is 30.3 Å². The van der Waals surface area contributed by atoms with Crippen LogP contribution in [0, 0.1) is 0 Å². The molecule has 16 heavy (non-hydrogen) atoms. The Labute approximate surface area is 109 Å². The zero-order chi connectivity index (χ0) is 11.4. The molecule has 0 amide bonds. The van der Waals surface area contributed by atoms with Gasteiger partial charge in [0.2, 0.25) is 0 Å². The minimum atomic E-state index is 0. The molecule has 0 saturated heterocycles. The number of aliphatic hydroxyl groups excluding tert-OH is 1. The van der Waals surface area contributed by atoms with E-state index in [-0.39, 0.29) is 23.7 Å². The minimum Gasteiger partial charge on any atom is -0.748 e. The average molecular weight is 260 g/mol. The number of hydrogen-bond donors (Lipinski definition) is 1. The maximum atomic E-state index is 7.57. The first-order valence-corrected chi connectivity index (χ1v) is 5.33. The topological polar surface area (TPSA) is 20.2 Å². The first-order valence-electron chi connectivity index (χ1n) is 5.33. The van der Waals surface area contributed by atoms with Crippen LogP contribution in [0.15, 0.2) is 54.6 Å². The Morgan fingerprint density at radius 3 is 1.44 bits per heavy atom. The van der Waals surface area contributed by atoms with Gasteiger partial charge in [-0.15, -0.1) is 0 Å². The van der Waals surface area contributed by atoms with E-state index in [2.05, 4.69) is 31.2 Å². The van der Waals surface area contributed by atoms with Crippen molar-refractivity contribution < 1.29 is 22.2 Å². The summed E-state index contributed by atoms with van der Waals surface area (Å²) in [5.74, 6) is 0. The molecule has 2 aromatic carbocycles. The first kappa shape index (κ1) is 17.6. The third-order valence-electron chi connectivity index (χ3n) is 1.70. The summed E-state index contributed by atoms with van der Waals surface area (Å²) in [6, 6.07) is 18.4. The molecule has 1 N–H and O–H groups in total. The first-order chi connectivity index (χ1) is 7.35. The molecule has 2 rings (SSSR count). The number of rotatable bonds is 1. The molecule has 0 saturated carbocycles. The van der Waals surface area contributed by atoms with Crippen molar-refractivity contribution in [1.29, 1.82) is 0 Å². The predicted molar refractivity (Wildman–Crippen MR) is 66.2 cm³/mol. The molecule has 0 spiro atoms. The van der Waals surface area contributed by atoms with Crippen molar-refractivity contribution in [2.75, 3.05) is 6.61 Å². The smallest absolute Gasteiger partial charge is 0.0402 e. The summed E-state index contributed by atoms with van der Waals surface area (Å²) in [6.45, 7) is 4.09. The second-order valence-electron chi connectivity index (χ2n) is 2.93. The third kappa shape index (κ3) is 11.3. The summed E-state index contributed by atoms with van der Waals surface area (Å²) in [7, 11) is 0. The Morgan fingerprint density at radius 1 is 0.938 bits per heavy atom. The Balaban J connectivity index is 0. The van der Waals surface area contributed by atoms with Gasteiger partial charge in [-0.2, -0.15) is 17.7 Å². The molecule has 0 fully saturated rings. The Hall–Kier alpha value is -0.821. The van der Waals surface area contributed by atoms with Gasteiger partial charge in [0.05, 0.1) is 0 Å². The van der Waals surface area contributed by atoms with Crippen LogP contribution in [0.3, 0.4) is 0 Å². The SMILES string of the molecule is CCO.CC[c-]1cccc1.[Fe].[cH-]1[cH-][cH-][cH-][cH-]1. The average Bonchev–Trinajstić information content (AvgIpc) is 2.96. The molecule has 2 heteroatoms. The van der Waals surface area contributed by atoms with Gasteiger partial charge in [-0.25, -0.2) is 12.1 Å². The van der Waals surface area contributed by atoms with Crippen molar-refractivity contribution >= 4 is 0 Å². The maximum Gasteiger partial charge on any atom is 0.0402 e. The van der Waals surface area contributed by atoms with E-state index < -0.39 is 0 Å². The second-order valence-corrected chi connectivity index (χ2v) is 2.93. The Morgan fingerprint density at radius 2 is 1.25 bits per heavy atom. The van der Waals surface area contributed by atoms with Crippen molar-refractivity contribution in [3.8, 4) is 0 Å². The Bertz CT molecular complexity index is 254. The van der Waals surface area contributed by atoms with Crippen LogP contribution >= 0.6 is 0 Å². The molecule has 0 radical (unpaired) electrons. The summed E-state index contributed by atoms with van der Waals surface area (Å²) in [4.78, 5) is 0. The molecule has 0 heterocycles. The maximum absolute atomic E-state index is 7.57. The van der Waals surface area contributed by atoms with Gasteiger partial charge in [0, 0.05) is 23.7 Å². The fourth-order valence-corrected chi connectivity index (χ4v) is 0.970. The zero-order valence-corrected chi connectivity index (χ0v) is 11.0. The minimum absolute atomic E-state index is 0. The molecule has 0 aliphatic rings. The van der Waals surface area contributed by atoms with Crippen LogP contribution in [0.5, 0.6) is 0 Å². The van der Waals surface area contributed by atoms with E-state index >= 15 is 0 Å². The quantitative estimate of drug-likeness (QED) is 0.615.